The van der Waals surface area contributed by atoms with Gasteiger partial charge in [0.15, 0.2) is 0 Å². The first-order valence-corrected chi connectivity index (χ1v) is 5.08. The van der Waals surface area contributed by atoms with Crippen LogP contribution in [0.3, 0.4) is 0 Å². The lowest BCUT2D eigenvalue weighted by Gasteiger charge is -2.06. The average molecular weight is 233 g/mol. The molecule has 0 radical (unpaired) electrons. The summed E-state index contributed by atoms with van der Waals surface area (Å²) < 4.78 is 0. The number of nitrogens with one attached hydrogen (secondary N) is 1. The van der Waals surface area contributed by atoms with Crippen LogP contribution in [-0.4, -0.2) is 10.5 Å². The molecule has 3 nitrogen and oxygen atoms in total. The summed E-state index contributed by atoms with van der Waals surface area (Å²) in [6.45, 7) is 2.47. The summed E-state index contributed by atoms with van der Waals surface area (Å²) >= 11 is 1.71. The summed E-state index contributed by atoms with van der Waals surface area (Å²) in [5.41, 5.74) is 7.49. The zero-order valence-corrected chi connectivity index (χ0v) is 9.41. The topological polar surface area (TPSA) is 58.3 Å². The number of hydrogen-bond donors (Lipinski definition) is 3. The van der Waals surface area contributed by atoms with E-state index in [4.69, 9.17) is 5.73 Å². The van der Waals surface area contributed by atoms with Gasteiger partial charge in [0.25, 0.3) is 0 Å². The van der Waals surface area contributed by atoms with Gasteiger partial charge in [-0.05, 0) is 19.1 Å². The van der Waals surface area contributed by atoms with Gasteiger partial charge in [-0.25, -0.2) is 0 Å². The highest BCUT2D eigenvalue weighted by molar-refractivity contribution is 8.00. The number of aromatic hydroxyl groups is 1. The molecule has 78 valence electrons. The summed E-state index contributed by atoms with van der Waals surface area (Å²) in [5.74, 6) is 0.296. The summed E-state index contributed by atoms with van der Waals surface area (Å²) in [7, 11) is 0. The number of hydrogen-bond acceptors (Lipinski definition) is 4. The monoisotopic (exact) mass is 232 g/mol. The van der Waals surface area contributed by atoms with E-state index in [1.54, 1.807) is 17.8 Å². The fourth-order valence-corrected chi connectivity index (χ4v) is 2.61. The van der Waals surface area contributed by atoms with Crippen LogP contribution in [-0.2, 0) is 6.54 Å². The van der Waals surface area contributed by atoms with Gasteiger partial charge in [0, 0.05) is 22.7 Å². The molecule has 5 heteroatoms. The first-order chi connectivity index (χ1) is 6.22. The zero-order chi connectivity index (χ0) is 9.42. The summed E-state index contributed by atoms with van der Waals surface area (Å²) in [6.07, 6.45) is 0. The second kappa shape index (κ2) is 4.29. The van der Waals surface area contributed by atoms with Gasteiger partial charge in [0.2, 0.25) is 0 Å². The van der Waals surface area contributed by atoms with Crippen LogP contribution in [0.15, 0.2) is 17.0 Å². The molecule has 0 fully saturated rings. The second-order valence-electron chi connectivity index (χ2n) is 3.05. The Bertz CT molecular complexity index is 346. The SMILES string of the molecule is CC1Nc2ccc(O)c(CN)c2S1.Cl. The standard InChI is InChI=1S/C9H12N2OS.ClH/c1-5-11-7-2-3-8(12)6(4-10)9(7)13-5;/h2-3,5,11-12H,4,10H2,1H3;1H. The number of phenolic OH excluding ortho intramolecular Hbond substituents is 1. The number of phenols is 1. The lowest BCUT2D eigenvalue weighted by Crippen LogP contribution is -2.02. The maximum Gasteiger partial charge on any atom is 0.121 e. The number of benzene rings is 1. The molecule has 0 amide bonds. The minimum atomic E-state index is 0. The van der Waals surface area contributed by atoms with Crippen molar-refractivity contribution in [2.75, 3.05) is 5.32 Å². The highest BCUT2D eigenvalue weighted by Crippen LogP contribution is 2.43. The second-order valence-corrected chi connectivity index (χ2v) is 4.40. The van der Waals surface area contributed by atoms with E-state index in [0.29, 0.717) is 17.7 Å². The zero-order valence-electron chi connectivity index (χ0n) is 7.78. The molecule has 0 saturated carbocycles. The molecule has 1 unspecified atom stereocenters. The molecule has 0 bridgehead atoms. The van der Waals surface area contributed by atoms with E-state index in [2.05, 4.69) is 12.2 Å². The van der Waals surface area contributed by atoms with E-state index in [1.165, 1.54) is 0 Å². The fourth-order valence-electron chi connectivity index (χ4n) is 1.49. The molecule has 0 aromatic heterocycles. The Morgan fingerprint density at radius 1 is 1.57 bits per heavy atom. The lowest BCUT2D eigenvalue weighted by atomic mass is 10.1. The number of thioether (sulfide) groups is 1. The van der Waals surface area contributed by atoms with E-state index in [-0.39, 0.29) is 12.4 Å². The smallest absolute Gasteiger partial charge is 0.121 e. The summed E-state index contributed by atoms with van der Waals surface area (Å²) in [6, 6.07) is 3.58. The predicted octanol–water partition coefficient (Wildman–Crippen LogP) is 2.14. The van der Waals surface area contributed by atoms with E-state index in [9.17, 15) is 5.11 Å². The number of anilines is 1. The Kier molecular flexibility index (Phi) is 3.53. The van der Waals surface area contributed by atoms with Gasteiger partial charge in [0.1, 0.15) is 5.75 Å². The average Bonchev–Trinajstić information content (AvgIpc) is 2.45. The Morgan fingerprint density at radius 3 is 2.93 bits per heavy atom. The van der Waals surface area contributed by atoms with E-state index < -0.39 is 0 Å². The van der Waals surface area contributed by atoms with Crippen molar-refractivity contribution in [2.24, 2.45) is 5.73 Å². The molecule has 1 aliphatic heterocycles. The van der Waals surface area contributed by atoms with Crippen LogP contribution >= 0.6 is 24.2 Å². The fraction of sp³-hybridized carbons (Fsp3) is 0.333. The van der Waals surface area contributed by atoms with Crippen LogP contribution < -0.4 is 11.1 Å². The van der Waals surface area contributed by atoms with Crippen molar-refractivity contribution in [2.45, 2.75) is 23.7 Å². The van der Waals surface area contributed by atoms with Crippen molar-refractivity contribution in [3.8, 4) is 5.75 Å². The lowest BCUT2D eigenvalue weighted by molar-refractivity contribution is 0.466. The van der Waals surface area contributed by atoms with Crippen molar-refractivity contribution in [3.63, 3.8) is 0 Å². The highest BCUT2D eigenvalue weighted by atomic mass is 35.5. The van der Waals surface area contributed by atoms with Gasteiger partial charge in [0.05, 0.1) is 5.37 Å². The van der Waals surface area contributed by atoms with Gasteiger partial charge in [-0.2, -0.15) is 0 Å². The van der Waals surface area contributed by atoms with E-state index in [0.717, 1.165) is 16.1 Å². The van der Waals surface area contributed by atoms with Crippen molar-refractivity contribution in [1.29, 1.82) is 0 Å². The molecule has 4 N–H and O–H groups in total. The van der Waals surface area contributed by atoms with Gasteiger partial charge < -0.3 is 16.2 Å². The molecule has 1 atom stereocenters. The van der Waals surface area contributed by atoms with Crippen molar-refractivity contribution in [3.05, 3.63) is 17.7 Å². The number of nitrogens with two attached hydrogens (primary N) is 1. The van der Waals surface area contributed by atoms with E-state index in [1.807, 2.05) is 6.07 Å². The van der Waals surface area contributed by atoms with Gasteiger partial charge in [-0.3, -0.25) is 0 Å². The number of fused-ring (bicyclic) bond motifs is 1. The molecule has 14 heavy (non-hydrogen) atoms. The molecule has 1 aliphatic rings. The first-order valence-electron chi connectivity index (χ1n) is 4.20. The summed E-state index contributed by atoms with van der Waals surface area (Å²) in [5, 5.41) is 13.2. The Balaban J connectivity index is 0.000000980. The van der Waals surface area contributed by atoms with Gasteiger partial charge >= 0.3 is 0 Å². The van der Waals surface area contributed by atoms with Gasteiger partial charge in [-0.1, -0.05) is 11.8 Å². The first kappa shape index (κ1) is 11.5. The van der Waals surface area contributed by atoms with Crippen LogP contribution in [0.5, 0.6) is 5.75 Å². The van der Waals surface area contributed by atoms with Crippen molar-refractivity contribution < 1.29 is 5.11 Å². The normalized spacial score (nSPS) is 18.3. The molecular formula is C9H13ClN2OS. The molecule has 0 saturated heterocycles. The third kappa shape index (κ3) is 1.78. The van der Waals surface area contributed by atoms with Crippen LogP contribution in [0, 0.1) is 0 Å². The van der Waals surface area contributed by atoms with Crippen LogP contribution in [0.25, 0.3) is 0 Å². The molecule has 1 aromatic rings. The predicted molar refractivity (Wildman–Crippen MR) is 62.2 cm³/mol. The molecule has 2 rings (SSSR count). The largest absolute Gasteiger partial charge is 0.508 e. The molecule has 0 aliphatic carbocycles. The minimum Gasteiger partial charge on any atom is -0.508 e. The van der Waals surface area contributed by atoms with Crippen LogP contribution in [0.2, 0.25) is 0 Å². The van der Waals surface area contributed by atoms with Gasteiger partial charge in [-0.15, -0.1) is 12.4 Å². The Morgan fingerprint density at radius 2 is 2.29 bits per heavy atom. The Labute approximate surface area is 93.5 Å². The Hall–Kier alpha value is -0.580. The number of rotatable bonds is 1. The van der Waals surface area contributed by atoms with E-state index >= 15 is 0 Å². The molecule has 0 spiro atoms. The maximum atomic E-state index is 9.54. The van der Waals surface area contributed by atoms with Crippen LogP contribution in [0.1, 0.15) is 12.5 Å². The molecule has 1 aromatic carbocycles. The van der Waals surface area contributed by atoms with Crippen molar-refractivity contribution in [1.82, 2.24) is 0 Å². The highest BCUT2D eigenvalue weighted by Gasteiger charge is 2.21. The van der Waals surface area contributed by atoms with Crippen molar-refractivity contribution >= 4 is 29.9 Å². The third-order valence-electron chi connectivity index (χ3n) is 2.09. The minimum absolute atomic E-state index is 0. The maximum absolute atomic E-state index is 9.54. The number of halogens is 1. The molecule has 1 heterocycles. The van der Waals surface area contributed by atoms with Crippen LogP contribution in [0.4, 0.5) is 5.69 Å². The third-order valence-corrected chi connectivity index (χ3v) is 3.27. The summed E-state index contributed by atoms with van der Waals surface area (Å²) in [4.78, 5) is 1.09. The molecular weight excluding hydrogens is 220 g/mol. The quantitative estimate of drug-likeness (QED) is 0.650.